The van der Waals surface area contributed by atoms with Crippen molar-refractivity contribution in [3.05, 3.63) is 16.8 Å². The number of nitrogens with zero attached hydrogens (tertiary/aromatic N) is 3. The monoisotopic (exact) mass is 426 g/mol. The summed E-state index contributed by atoms with van der Waals surface area (Å²) in [7, 11) is -3.67. The van der Waals surface area contributed by atoms with E-state index in [1.54, 1.807) is 11.8 Å². The molecule has 1 N–H and O–H groups in total. The van der Waals surface area contributed by atoms with Gasteiger partial charge in [0.2, 0.25) is 10.0 Å². The number of likely N-dealkylation sites (tertiary alicyclic amines) is 1. The minimum atomic E-state index is -3.67. The molecule has 0 aliphatic carbocycles. The smallest absolute Gasteiger partial charge is 0.311 e. The summed E-state index contributed by atoms with van der Waals surface area (Å²) in [5, 5.41) is 7.78. The minimum Gasteiger partial charge on any atom is -0.411 e. The fraction of sp³-hybridized carbons (Fsp3) is 0.588. The van der Waals surface area contributed by atoms with Crippen molar-refractivity contribution in [2.45, 2.75) is 43.6 Å². The Morgan fingerprint density at radius 3 is 2.82 bits per heavy atom. The molecule has 0 saturated carbocycles. The van der Waals surface area contributed by atoms with Crippen molar-refractivity contribution < 1.29 is 22.4 Å². The number of nitrogens with one attached hydrogen (secondary N) is 1. The lowest BCUT2D eigenvalue weighted by molar-refractivity contribution is 0.0754. The van der Waals surface area contributed by atoms with Gasteiger partial charge >= 0.3 is 11.8 Å². The fourth-order valence-corrected chi connectivity index (χ4v) is 5.96. The SMILES string of the molecule is Cc1sc(-c2nnc(C(=O)N3CCCC3)o2)cc1S(=O)(=O)NC[C@H]1CCCO1. The van der Waals surface area contributed by atoms with E-state index in [0.717, 1.165) is 25.7 Å². The van der Waals surface area contributed by atoms with E-state index in [4.69, 9.17) is 9.15 Å². The van der Waals surface area contributed by atoms with Gasteiger partial charge in [-0.1, -0.05) is 0 Å². The van der Waals surface area contributed by atoms with E-state index in [9.17, 15) is 13.2 Å². The Bertz CT molecular complexity index is 956. The summed E-state index contributed by atoms with van der Waals surface area (Å²) in [5.74, 6) is -0.198. The Morgan fingerprint density at radius 1 is 1.32 bits per heavy atom. The molecule has 152 valence electrons. The summed E-state index contributed by atoms with van der Waals surface area (Å²) in [5.41, 5.74) is 0. The first-order valence-electron chi connectivity index (χ1n) is 9.29. The molecule has 11 heteroatoms. The summed E-state index contributed by atoms with van der Waals surface area (Å²) in [6.07, 6.45) is 3.66. The summed E-state index contributed by atoms with van der Waals surface area (Å²) in [6, 6.07) is 1.51. The lowest BCUT2D eigenvalue weighted by Crippen LogP contribution is -2.31. The van der Waals surface area contributed by atoms with Crippen LogP contribution in [-0.2, 0) is 14.8 Å². The summed E-state index contributed by atoms with van der Waals surface area (Å²) < 4.78 is 38.9. The molecule has 2 aromatic heterocycles. The van der Waals surface area contributed by atoms with E-state index < -0.39 is 10.0 Å². The highest BCUT2D eigenvalue weighted by atomic mass is 32.2. The molecule has 0 spiro atoms. The van der Waals surface area contributed by atoms with Gasteiger partial charge in [0.05, 0.1) is 15.9 Å². The molecule has 28 heavy (non-hydrogen) atoms. The molecule has 2 aromatic rings. The Kier molecular flexibility index (Phi) is 5.50. The molecule has 0 bridgehead atoms. The zero-order valence-corrected chi connectivity index (χ0v) is 17.1. The zero-order valence-electron chi connectivity index (χ0n) is 15.5. The second kappa shape index (κ2) is 7.90. The average Bonchev–Trinajstić information content (AvgIpc) is 3.47. The van der Waals surface area contributed by atoms with Crippen molar-refractivity contribution in [3.8, 4) is 10.8 Å². The molecule has 0 aromatic carbocycles. The molecule has 1 amide bonds. The highest BCUT2D eigenvalue weighted by Gasteiger charge is 2.27. The number of aryl methyl sites for hydroxylation is 1. The van der Waals surface area contributed by atoms with Crippen LogP contribution in [0.25, 0.3) is 10.8 Å². The first-order chi connectivity index (χ1) is 13.4. The van der Waals surface area contributed by atoms with Crippen molar-refractivity contribution in [1.82, 2.24) is 19.8 Å². The zero-order chi connectivity index (χ0) is 19.7. The first kappa shape index (κ1) is 19.5. The third kappa shape index (κ3) is 3.97. The Morgan fingerprint density at radius 2 is 2.11 bits per heavy atom. The van der Waals surface area contributed by atoms with Gasteiger partial charge in [-0.25, -0.2) is 13.1 Å². The normalized spacial score (nSPS) is 20.2. The van der Waals surface area contributed by atoms with Crippen molar-refractivity contribution in [2.24, 2.45) is 0 Å². The Balaban J connectivity index is 1.50. The number of carbonyl (C=O) groups excluding carboxylic acids is 1. The van der Waals surface area contributed by atoms with Gasteiger partial charge in [0.1, 0.15) is 0 Å². The number of carbonyl (C=O) groups is 1. The van der Waals surface area contributed by atoms with Crippen molar-refractivity contribution in [3.63, 3.8) is 0 Å². The number of sulfonamides is 1. The largest absolute Gasteiger partial charge is 0.411 e. The van der Waals surface area contributed by atoms with Crippen LogP contribution in [0.3, 0.4) is 0 Å². The number of hydrogen-bond donors (Lipinski definition) is 1. The quantitative estimate of drug-likeness (QED) is 0.749. The summed E-state index contributed by atoms with van der Waals surface area (Å²) in [4.78, 5) is 15.3. The lowest BCUT2D eigenvalue weighted by Gasteiger charge is -2.11. The van der Waals surface area contributed by atoms with Crippen LogP contribution in [0.5, 0.6) is 0 Å². The highest BCUT2D eigenvalue weighted by Crippen LogP contribution is 2.33. The Labute approximate surface area is 167 Å². The van der Waals surface area contributed by atoms with E-state index in [-0.39, 0.29) is 35.2 Å². The maximum absolute atomic E-state index is 12.7. The van der Waals surface area contributed by atoms with Gasteiger partial charge in [-0.3, -0.25) is 4.79 Å². The predicted molar refractivity (Wildman–Crippen MR) is 102 cm³/mol. The van der Waals surface area contributed by atoms with Crippen molar-refractivity contribution in [2.75, 3.05) is 26.2 Å². The van der Waals surface area contributed by atoms with Crippen LogP contribution in [-0.4, -0.2) is 61.8 Å². The molecular formula is C17H22N4O5S2. The highest BCUT2D eigenvalue weighted by molar-refractivity contribution is 7.89. The number of rotatable bonds is 6. The fourth-order valence-electron chi connectivity index (χ4n) is 3.39. The summed E-state index contributed by atoms with van der Waals surface area (Å²) in [6.45, 7) is 4.02. The Hall–Kier alpha value is -1.82. The third-order valence-electron chi connectivity index (χ3n) is 4.90. The number of thiophene rings is 1. The van der Waals surface area contributed by atoms with Gasteiger partial charge in [-0.05, 0) is 38.7 Å². The molecule has 2 aliphatic heterocycles. The van der Waals surface area contributed by atoms with Crippen LogP contribution in [0.2, 0.25) is 0 Å². The topological polar surface area (TPSA) is 115 Å². The van der Waals surface area contributed by atoms with Crippen LogP contribution < -0.4 is 4.72 Å². The van der Waals surface area contributed by atoms with Gasteiger partial charge in [0.15, 0.2) is 0 Å². The number of hydrogen-bond acceptors (Lipinski definition) is 8. The molecule has 0 radical (unpaired) electrons. The molecule has 2 fully saturated rings. The molecule has 4 rings (SSSR count). The molecule has 2 aliphatic rings. The van der Waals surface area contributed by atoms with Gasteiger partial charge in [-0.15, -0.1) is 21.5 Å². The van der Waals surface area contributed by atoms with E-state index in [0.29, 0.717) is 29.5 Å². The number of amides is 1. The van der Waals surface area contributed by atoms with Crippen molar-refractivity contribution in [1.29, 1.82) is 0 Å². The van der Waals surface area contributed by atoms with Crippen molar-refractivity contribution >= 4 is 27.3 Å². The molecule has 9 nitrogen and oxygen atoms in total. The van der Waals surface area contributed by atoms with Gasteiger partial charge in [0.25, 0.3) is 5.89 Å². The number of ether oxygens (including phenoxy) is 1. The van der Waals surface area contributed by atoms with Gasteiger partial charge in [-0.2, -0.15) is 0 Å². The average molecular weight is 427 g/mol. The van der Waals surface area contributed by atoms with Crippen LogP contribution in [0, 0.1) is 6.92 Å². The first-order valence-corrected chi connectivity index (χ1v) is 11.6. The van der Waals surface area contributed by atoms with E-state index in [1.807, 2.05) is 0 Å². The third-order valence-corrected chi connectivity index (χ3v) is 7.62. The van der Waals surface area contributed by atoms with Gasteiger partial charge < -0.3 is 14.1 Å². The number of aromatic nitrogens is 2. The molecule has 1 atom stereocenters. The van der Waals surface area contributed by atoms with E-state index >= 15 is 0 Å². The molecule has 0 unspecified atom stereocenters. The molecule has 2 saturated heterocycles. The summed E-state index contributed by atoms with van der Waals surface area (Å²) >= 11 is 1.24. The van der Waals surface area contributed by atoms with E-state index in [2.05, 4.69) is 14.9 Å². The maximum atomic E-state index is 12.7. The lowest BCUT2D eigenvalue weighted by atomic mass is 10.2. The predicted octanol–water partition coefficient (Wildman–Crippen LogP) is 1.80. The standard InChI is InChI=1S/C17H22N4O5S2/c1-11-14(28(23,24)18-10-12-5-4-8-25-12)9-13(27-11)15-19-20-16(26-15)17(22)21-6-2-3-7-21/h9,12,18H,2-8,10H2,1H3/t12-/m1/s1. The molecular weight excluding hydrogens is 404 g/mol. The van der Waals surface area contributed by atoms with Gasteiger partial charge in [0, 0.05) is 31.1 Å². The van der Waals surface area contributed by atoms with Crippen LogP contribution >= 0.6 is 11.3 Å². The van der Waals surface area contributed by atoms with Crippen LogP contribution in [0.15, 0.2) is 15.4 Å². The van der Waals surface area contributed by atoms with Crippen LogP contribution in [0.1, 0.15) is 41.2 Å². The van der Waals surface area contributed by atoms with Crippen LogP contribution in [0.4, 0.5) is 0 Å². The minimum absolute atomic E-state index is 0.0659. The second-order valence-electron chi connectivity index (χ2n) is 6.93. The maximum Gasteiger partial charge on any atom is 0.311 e. The second-order valence-corrected chi connectivity index (χ2v) is 9.92. The van der Waals surface area contributed by atoms with E-state index in [1.165, 1.54) is 17.4 Å². The molecule has 4 heterocycles.